The lowest BCUT2D eigenvalue weighted by Crippen LogP contribution is -1.95. The predicted octanol–water partition coefficient (Wildman–Crippen LogP) is 2.57. The molecule has 1 rings (SSSR count). The number of benzene rings is 1. The molecular weight excluding hydrogens is 230 g/mol. The van der Waals surface area contributed by atoms with Crippen molar-refractivity contribution in [2.45, 2.75) is 6.92 Å². The molecule has 0 aliphatic carbocycles. The van der Waals surface area contributed by atoms with E-state index in [1.807, 2.05) is 19.1 Å². The number of nitriles is 1. The van der Waals surface area contributed by atoms with Gasteiger partial charge in [0, 0.05) is 7.11 Å². The SMILES string of the molecule is COC/C(C#N)=C/c1cc(OC)c(OC)cc1C. The van der Waals surface area contributed by atoms with Gasteiger partial charge in [0.15, 0.2) is 11.5 Å². The van der Waals surface area contributed by atoms with E-state index in [0.29, 0.717) is 23.7 Å². The molecule has 4 nitrogen and oxygen atoms in total. The van der Waals surface area contributed by atoms with Crippen LogP contribution in [0.5, 0.6) is 11.5 Å². The number of aryl methyl sites for hydroxylation is 1. The van der Waals surface area contributed by atoms with Gasteiger partial charge < -0.3 is 14.2 Å². The summed E-state index contributed by atoms with van der Waals surface area (Å²) in [5, 5.41) is 8.98. The first-order chi connectivity index (χ1) is 8.65. The lowest BCUT2D eigenvalue weighted by atomic mass is 10.0. The highest BCUT2D eigenvalue weighted by molar-refractivity contribution is 5.64. The number of methoxy groups -OCH3 is 3. The molecule has 96 valence electrons. The van der Waals surface area contributed by atoms with Crippen LogP contribution in [0.15, 0.2) is 17.7 Å². The normalized spacial score (nSPS) is 10.9. The average molecular weight is 247 g/mol. The lowest BCUT2D eigenvalue weighted by molar-refractivity contribution is 0.229. The number of rotatable bonds is 5. The van der Waals surface area contributed by atoms with E-state index >= 15 is 0 Å². The number of hydrogen-bond donors (Lipinski definition) is 0. The van der Waals surface area contributed by atoms with Crippen molar-refractivity contribution in [1.29, 1.82) is 5.26 Å². The third kappa shape index (κ3) is 3.25. The largest absolute Gasteiger partial charge is 0.493 e. The van der Waals surface area contributed by atoms with Crippen LogP contribution in [0.2, 0.25) is 0 Å². The van der Waals surface area contributed by atoms with Crippen molar-refractivity contribution in [3.05, 3.63) is 28.8 Å². The van der Waals surface area contributed by atoms with Crippen LogP contribution in [0, 0.1) is 18.3 Å². The van der Waals surface area contributed by atoms with Crippen LogP contribution >= 0.6 is 0 Å². The summed E-state index contributed by atoms with van der Waals surface area (Å²) < 4.78 is 15.4. The van der Waals surface area contributed by atoms with Gasteiger partial charge in [-0.15, -0.1) is 0 Å². The highest BCUT2D eigenvalue weighted by atomic mass is 16.5. The molecule has 0 unspecified atom stereocenters. The fraction of sp³-hybridized carbons (Fsp3) is 0.357. The summed E-state index contributed by atoms with van der Waals surface area (Å²) in [6, 6.07) is 5.84. The molecule has 0 radical (unpaired) electrons. The first-order valence-corrected chi connectivity index (χ1v) is 5.48. The van der Waals surface area contributed by atoms with Gasteiger partial charge >= 0.3 is 0 Å². The Morgan fingerprint density at radius 3 is 2.33 bits per heavy atom. The molecule has 1 aromatic rings. The second kappa shape index (κ2) is 6.67. The molecular formula is C14H17NO3. The van der Waals surface area contributed by atoms with Crippen molar-refractivity contribution in [1.82, 2.24) is 0 Å². The monoisotopic (exact) mass is 247 g/mol. The van der Waals surface area contributed by atoms with Crippen LogP contribution in [-0.4, -0.2) is 27.9 Å². The molecule has 0 aromatic heterocycles. The van der Waals surface area contributed by atoms with E-state index in [4.69, 9.17) is 19.5 Å². The highest BCUT2D eigenvalue weighted by Crippen LogP contribution is 2.31. The van der Waals surface area contributed by atoms with Crippen LogP contribution < -0.4 is 9.47 Å². The number of nitrogens with zero attached hydrogens (tertiary/aromatic N) is 1. The first-order valence-electron chi connectivity index (χ1n) is 5.48. The second-order valence-electron chi connectivity index (χ2n) is 3.78. The molecule has 1 aromatic carbocycles. The molecule has 0 aliphatic heterocycles. The van der Waals surface area contributed by atoms with Gasteiger partial charge in [-0.25, -0.2) is 0 Å². The summed E-state index contributed by atoms with van der Waals surface area (Å²) in [5.74, 6) is 1.32. The molecule has 0 aliphatic rings. The fourth-order valence-electron chi connectivity index (χ4n) is 1.60. The Kier molecular flexibility index (Phi) is 5.22. The van der Waals surface area contributed by atoms with E-state index in [2.05, 4.69) is 6.07 Å². The second-order valence-corrected chi connectivity index (χ2v) is 3.78. The maximum atomic E-state index is 8.98. The predicted molar refractivity (Wildman–Crippen MR) is 69.7 cm³/mol. The number of hydrogen-bond acceptors (Lipinski definition) is 4. The van der Waals surface area contributed by atoms with E-state index in [1.54, 1.807) is 27.4 Å². The van der Waals surface area contributed by atoms with Crippen molar-refractivity contribution < 1.29 is 14.2 Å². The molecule has 4 heteroatoms. The first kappa shape index (κ1) is 14.1. The van der Waals surface area contributed by atoms with Gasteiger partial charge in [0.2, 0.25) is 0 Å². The van der Waals surface area contributed by atoms with Crippen molar-refractivity contribution in [3.8, 4) is 17.6 Å². The summed E-state index contributed by atoms with van der Waals surface area (Å²) in [7, 11) is 4.74. The maximum absolute atomic E-state index is 8.98. The zero-order valence-electron chi connectivity index (χ0n) is 11.1. The summed E-state index contributed by atoms with van der Waals surface area (Å²) in [6.45, 7) is 2.25. The smallest absolute Gasteiger partial charge is 0.161 e. The lowest BCUT2D eigenvalue weighted by Gasteiger charge is -2.11. The van der Waals surface area contributed by atoms with Crippen molar-refractivity contribution in [2.75, 3.05) is 27.9 Å². The average Bonchev–Trinajstić information content (AvgIpc) is 2.39. The molecule has 18 heavy (non-hydrogen) atoms. The topological polar surface area (TPSA) is 51.5 Å². The Labute approximate surface area is 107 Å². The van der Waals surface area contributed by atoms with E-state index in [0.717, 1.165) is 11.1 Å². The van der Waals surface area contributed by atoms with Gasteiger partial charge in [0.25, 0.3) is 0 Å². The van der Waals surface area contributed by atoms with Gasteiger partial charge in [-0.3, -0.25) is 0 Å². The molecule has 0 fully saturated rings. The minimum Gasteiger partial charge on any atom is -0.493 e. The summed E-state index contributed by atoms with van der Waals surface area (Å²) in [6.07, 6.45) is 1.79. The van der Waals surface area contributed by atoms with Gasteiger partial charge in [-0.2, -0.15) is 5.26 Å². The van der Waals surface area contributed by atoms with Crippen LogP contribution in [-0.2, 0) is 4.74 Å². The maximum Gasteiger partial charge on any atom is 0.161 e. The molecule has 0 atom stereocenters. The zero-order chi connectivity index (χ0) is 13.5. The van der Waals surface area contributed by atoms with Crippen LogP contribution in [0.3, 0.4) is 0 Å². The molecule has 0 N–H and O–H groups in total. The van der Waals surface area contributed by atoms with Gasteiger partial charge in [-0.1, -0.05) is 0 Å². The van der Waals surface area contributed by atoms with Crippen molar-refractivity contribution in [3.63, 3.8) is 0 Å². The Balaban J connectivity index is 3.21. The fourth-order valence-corrected chi connectivity index (χ4v) is 1.60. The Morgan fingerprint density at radius 1 is 1.22 bits per heavy atom. The van der Waals surface area contributed by atoms with Gasteiger partial charge in [0.05, 0.1) is 32.5 Å². The quantitative estimate of drug-likeness (QED) is 0.750. The van der Waals surface area contributed by atoms with E-state index in [1.165, 1.54) is 0 Å². The molecule has 0 saturated carbocycles. The van der Waals surface area contributed by atoms with Crippen LogP contribution in [0.1, 0.15) is 11.1 Å². The highest BCUT2D eigenvalue weighted by Gasteiger charge is 2.08. The molecule has 0 amide bonds. The Hall–Kier alpha value is -1.99. The van der Waals surface area contributed by atoms with Gasteiger partial charge in [0.1, 0.15) is 0 Å². The number of ether oxygens (including phenoxy) is 3. The van der Waals surface area contributed by atoms with Crippen molar-refractivity contribution >= 4 is 6.08 Å². The van der Waals surface area contributed by atoms with E-state index in [9.17, 15) is 0 Å². The van der Waals surface area contributed by atoms with Crippen LogP contribution in [0.25, 0.3) is 6.08 Å². The molecule has 0 heterocycles. The summed E-state index contributed by atoms with van der Waals surface area (Å²) in [5.41, 5.74) is 2.49. The van der Waals surface area contributed by atoms with E-state index < -0.39 is 0 Å². The standard InChI is InChI=1S/C14H17NO3/c1-10-5-13(17-3)14(18-4)7-12(10)6-11(8-15)9-16-2/h5-7H,9H2,1-4H3/b11-6+. The van der Waals surface area contributed by atoms with Crippen LogP contribution in [0.4, 0.5) is 0 Å². The summed E-state index contributed by atoms with van der Waals surface area (Å²) >= 11 is 0. The Bertz CT molecular complexity index is 487. The van der Waals surface area contributed by atoms with Gasteiger partial charge in [-0.05, 0) is 36.3 Å². The third-order valence-corrected chi connectivity index (χ3v) is 2.55. The molecule has 0 spiro atoms. The summed E-state index contributed by atoms with van der Waals surface area (Å²) in [4.78, 5) is 0. The van der Waals surface area contributed by atoms with E-state index in [-0.39, 0.29) is 0 Å². The third-order valence-electron chi connectivity index (χ3n) is 2.55. The zero-order valence-corrected chi connectivity index (χ0v) is 11.1. The minimum absolute atomic E-state index is 0.296. The minimum atomic E-state index is 0.296. The Morgan fingerprint density at radius 2 is 1.83 bits per heavy atom. The van der Waals surface area contributed by atoms with Crippen molar-refractivity contribution in [2.24, 2.45) is 0 Å². The molecule has 0 bridgehead atoms. The molecule has 0 saturated heterocycles.